The molecule has 0 aliphatic rings. The summed E-state index contributed by atoms with van der Waals surface area (Å²) in [6.45, 7) is 0. The van der Waals surface area contributed by atoms with Crippen molar-refractivity contribution < 1.29 is 8.22 Å². The second-order valence-corrected chi connectivity index (χ2v) is 0. The third kappa shape index (κ3) is 9.82. The van der Waals surface area contributed by atoms with Crippen LogP contribution in [0, 0.1) is 0 Å². The molecule has 0 aliphatic carbocycles. The molecule has 4 heavy (non-hydrogen) atoms. The molecular formula is C2H6I2. The molecule has 0 amide bonds. The molecule has 0 fully saturated rings. The van der Waals surface area contributed by atoms with Crippen molar-refractivity contribution >= 4 is 45.2 Å². The molecule has 0 N–H and O–H groups in total. The highest BCUT2D eigenvalue weighted by Crippen LogP contribution is 1.48. The van der Waals surface area contributed by atoms with E-state index in [0.717, 1.165) is 0 Å². The second-order valence-electron chi connectivity index (χ2n) is 0. The SMILES string of the molecule is [2H]C([2H])([2H])I.[2H]C([2H])([2H])I. The van der Waals surface area contributed by atoms with Crippen LogP contribution in [0.25, 0.3) is 0 Å². The van der Waals surface area contributed by atoms with Gasteiger partial charge >= 0.3 is 0 Å². The van der Waals surface area contributed by atoms with Crippen LogP contribution in [0.15, 0.2) is 0 Å². The van der Waals surface area contributed by atoms with E-state index in [2.05, 4.69) is 0 Å². The van der Waals surface area contributed by atoms with Crippen molar-refractivity contribution in [3.05, 3.63) is 0 Å². The normalized spacial score (nSPS) is 31.5. The van der Waals surface area contributed by atoms with E-state index < -0.39 is 9.72 Å². The molecule has 0 radical (unpaired) electrons. The van der Waals surface area contributed by atoms with Crippen molar-refractivity contribution in [1.82, 2.24) is 0 Å². The maximum atomic E-state index is 6.26. The lowest BCUT2D eigenvalue weighted by Crippen LogP contribution is -0.798. The van der Waals surface area contributed by atoms with Gasteiger partial charge in [-0.2, -0.15) is 0 Å². The first-order valence-electron chi connectivity index (χ1n) is 3.38. The van der Waals surface area contributed by atoms with Crippen LogP contribution < -0.4 is 0 Å². The van der Waals surface area contributed by atoms with Gasteiger partial charge < -0.3 is 0 Å². The average Bonchev–Trinajstić information content (AvgIpc) is 1.12. The Kier molecular flexibility index (Phi) is 7.60. The third-order valence-electron chi connectivity index (χ3n) is 0. The Morgan fingerprint density at radius 1 is 1.50 bits per heavy atom. The zero-order chi connectivity index (χ0) is 9.00. The first-order chi connectivity index (χ1) is 4.00. The summed E-state index contributed by atoms with van der Waals surface area (Å²) in [6, 6.07) is 0. The van der Waals surface area contributed by atoms with Gasteiger partial charge in [0.25, 0.3) is 0 Å². The van der Waals surface area contributed by atoms with Gasteiger partial charge in [0.1, 0.15) is 0 Å². The number of halogens is 2. The molecule has 0 saturated carbocycles. The van der Waals surface area contributed by atoms with E-state index in [-0.39, 0.29) is 0 Å². The van der Waals surface area contributed by atoms with Gasteiger partial charge in [-0.3, -0.25) is 0 Å². The first kappa shape index (κ1) is 1.21. The van der Waals surface area contributed by atoms with Gasteiger partial charge in [-0.1, -0.05) is 45.2 Å². The number of hydrogen-bond acceptors (Lipinski definition) is 0. The number of rotatable bonds is 0. The Hall–Kier alpha value is 1.46. The summed E-state index contributed by atoms with van der Waals surface area (Å²) in [5, 5.41) is 0. The van der Waals surface area contributed by atoms with Gasteiger partial charge in [0.2, 0.25) is 0 Å². The van der Waals surface area contributed by atoms with Crippen LogP contribution >= 0.6 is 45.2 Å². The van der Waals surface area contributed by atoms with E-state index in [1.165, 1.54) is 45.2 Å². The molecule has 0 aromatic heterocycles. The molecule has 0 saturated heterocycles. The lowest BCUT2D eigenvalue weighted by molar-refractivity contribution is 2.66. The first-order valence-corrected chi connectivity index (χ1v) is 2.54. The summed E-state index contributed by atoms with van der Waals surface area (Å²) < 4.78 is 37.5. The van der Waals surface area contributed by atoms with Crippen molar-refractivity contribution in [3.63, 3.8) is 0 Å². The van der Waals surface area contributed by atoms with E-state index in [9.17, 15) is 0 Å². The van der Waals surface area contributed by atoms with E-state index in [4.69, 9.17) is 8.22 Å². The predicted molar refractivity (Wildman–Crippen MR) is 39.9 cm³/mol. The topological polar surface area (TPSA) is 0 Å². The Morgan fingerprint density at radius 2 is 1.50 bits per heavy atom. The quantitative estimate of drug-likeness (QED) is 0.473. The standard InChI is InChI=1S/2CH3I/c2*1-2/h2*1H3/i2*1D3. The highest BCUT2D eigenvalue weighted by molar-refractivity contribution is 14.1. The second kappa shape index (κ2) is 25.0. The molecule has 0 unspecified atom stereocenters. The predicted octanol–water partition coefficient (Wildman–Crippen LogP) is 2.10. The van der Waals surface area contributed by atoms with E-state index in [0.29, 0.717) is 0 Å². The van der Waals surface area contributed by atoms with Crippen LogP contribution in [0.1, 0.15) is 8.22 Å². The minimum Gasteiger partial charge on any atom is -0.0901 e. The van der Waals surface area contributed by atoms with Gasteiger partial charge in [-0.25, -0.2) is 0 Å². The molecule has 2 heteroatoms. The Bertz CT molecular complexity index is 56.7. The molecule has 0 aliphatic heterocycles. The number of alkyl halides is 2. The fraction of sp³-hybridized carbons (Fsp3) is 1.00. The molecule has 0 atom stereocenters. The maximum Gasteiger partial charge on any atom is 0.0341 e. The van der Waals surface area contributed by atoms with Crippen LogP contribution in [0.4, 0.5) is 0 Å². The van der Waals surface area contributed by atoms with Gasteiger partial charge in [0, 0.05) is 8.22 Å². The molecule has 0 aromatic carbocycles. The van der Waals surface area contributed by atoms with Crippen molar-refractivity contribution in [1.29, 1.82) is 0 Å². The van der Waals surface area contributed by atoms with Crippen LogP contribution in [-0.4, -0.2) is 9.72 Å². The molecule has 0 aromatic rings. The smallest absolute Gasteiger partial charge is 0.0341 e. The molecular weight excluding hydrogens is 278 g/mol. The molecule has 0 spiro atoms. The Labute approximate surface area is 63.1 Å². The van der Waals surface area contributed by atoms with Gasteiger partial charge in [0.15, 0.2) is 0 Å². The van der Waals surface area contributed by atoms with Crippen molar-refractivity contribution in [2.45, 2.75) is 0 Å². The van der Waals surface area contributed by atoms with Crippen molar-refractivity contribution in [3.8, 4) is 0 Å². The molecule has 28 valence electrons. The van der Waals surface area contributed by atoms with Crippen molar-refractivity contribution in [2.75, 3.05) is 9.72 Å². The Balaban J connectivity index is 0. The molecule has 0 bridgehead atoms. The monoisotopic (exact) mass is 290 g/mol. The van der Waals surface area contributed by atoms with Crippen LogP contribution in [0.5, 0.6) is 0 Å². The fourth-order valence-electron chi connectivity index (χ4n) is 0. The average molecular weight is 290 g/mol. The Morgan fingerprint density at radius 3 is 1.50 bits per heavy atom. The van der Waals surface area contributed by atoms with E-state index >= 15 is 0 Å². The fourth-order valence-corrected chi connectivity index (χ4v) is 0. The minimum atomic E-state index is -1.78. The zero-order valence-electron chi connectivity index (χ0n) is 7.76. The van der Waals surface area contributed by atoms with Crippen LogP contribution in [-0.2, 0) is 0 Å². The van der Waals surface area contributed by atoms with Crippen LogP contribution in [0.2, 0.25) is 0 Å². The van der Waals surface area contributed by atoms with Gasteiger partial charge in [-0.05, 0) is 9.72 Å². The van der Waals surface area contributed by atoms with Gasteiger partial charge in [-0.15, -0.1) is 0 Å². The summed E-state index contributed by atoms with van der Waals surface area (Å²) in [4.78, 5) is -3.56. The largest absolute Gasteiger partial charge is 0.0901 e. The van der Waals surface area contributed by atoms with E-state index in [1.807, 2.05) is 0 Å². The molecule has 0 rings (SSSR count). The van der Waals surface area contributed by atoms with E-state index in [1.54, 1.807) is 0 Å². The summed E-state index contributed by atoms with van der Waals surface area (Å²) >= 11 is 2.76. The highest BCUT2D eigenvalue weighted by Gasteiger charge is 0.952. The lowest BCUT2D eigenvalue weighted by Gasteiger charge is -1.05. The summed E-state index contributed by atoms with van der Waals surface area (Å²) in [5.74, 6) is 0. The summed E-state index contributed by atoms with van der Waals surface area (Å²) in [5.41, 5.74) is 0. The van der Waals surface area contributed by atoms with Gasteiger partial charge in [0.05, 0.1) is 0 Å². The lowest BCUT2D eigenvalue weighted by atomic mass is 12.0. The van der Waals surface area contributed by atoms with Crippen molar-refractivity contribution in [2.24, 2.45) is 0 Å². The van der Waals surface area contributed by atoms with Crippen LogP contribution in [0.3, 0.4) is 0 Å². The molecule has 0 heterocycles. The zero-order valence-corrected chi connectivity index (χ0v) is 6.07. The highest BCUT2D eigenvalue weighted by atomic mass is 127. The third-order valence-corrected chi connectivity index (χ3v) is 0. The summed E-state index contributed by atoms with van der Waals surface area (Å²) in [7, 11) is 0. The summed E-state index contributed by atoms with van der Waals surface area (Å²) in [6.07, 6.45) is 0. The maximum absolute atomic E-state index is 6.26. The molecule has 0 nitrogen and oxygen atoms in total. The minimum absolute atomic E-state index is 1.38. The number of hydrogen-bond donors (Lipinski definition) is 0.